The van der Waals surface area contributed by atoms with E-state index in [0.29, 0.717) is 0 Å². The van der Waals surface area contributed by atoms with Crippen LogP contribution in [0.3, 0.4) is 0 Å². The van der Waals surface area contributed by atoms with Crippen LogP contribution in [0.1, 0.15) is 11.1 Å². The number of hydrogen-bond acceptors (Lipinski definition) is 1. The number of hydrogen-bond donors (Lipinski definition) is 0. The summed E-state index contributed by atoms with van der Waals surface area (Å²) in [6, 6.07) is 8.69. The Morgan fingerprint density at radius 1 is 1.23 bits per heavy atom. The minimum Gasteiger partial charge on any atom is -0.299 e. The van der Waals surface area contributed by atoms with Gasteiger partial charge in [0, 0.05) is 13.1 Å². The van der Waals surface area contributed by atoms with E-state index in [2.05, 4.69) is 29.2 Å². The molecule has 1 heterocycles. The van der Waals surface area contributed by atoms with Crippen molar-refractivity contribution in [2.75, 3.05) is 13.1 Å². The van der Waals surface area contributed by atoms with E-state index in [4.69, 9.17) is 7.85 Å². The molecule has 2 rings (SSSR count). The van der Waals surface area contributed by atoms with Gasteiger partial charge in [0.25, 0.3) is 0 Å². The number of rotatable bonds is 2. The van der Waals surface area contributed by atoms with Gasteiger partial charge < -0.3 is 0 Å². The molecule has 0 aromatic heterocycles. The van der Waals surface area contributed by atoms with E-state index in [1.165, 1.54) is 17.5 Å². The highest BCUT2D eigenvalue weighted by Crippen LogP contribution is 2.17. The summed E-state index contributed by atoms with van der Waals surface area (Å²) in [4.78, 5) is 2.42. The van der Waals surface area contributed by atoms with Crippen molar-refractivity contribution in [3.05, 3.63) is 35.4 Å². The lowest BCUT2D eigenvalue weighted by Gasteiger charge is -2.28. The van der Waals surface area contributed by atoms with Crippen molar-refractivity contribution in [1.29, 1.82) is 0 Å². The lowest BCUT2D eigenvalue weighted by Crippen LogP contribution is -2.31. The average molecular weight is 171 g/mol. The van der Waals surface area contributed by atoms with Gasteiger partial charge in [-0.2, -0.15) is 0 Å². The zero-order chi connectivity index (χ0) is 9.10. The Balaban J connectivity index is 2.11. The van der Waals surface area contributed by atoms with E-state index in [1.807, 2.05) is 0 Å². The highest BCUT2D eigenvalue weighted by atomic mass is 15.1. The van der Waals surface area contributed by atoms with Gasteiger partial charge in [-0.1, -0.05) is 30.6 Å². The maximum absolute atomic E-state index is 5.54. The van der Waals surface area contributed by atoms with E-state index in [-0.39, 0.29) is 0 Å². The molecule has 0 fully saturated rings. The summed E-state index contributed by atoms with van der Waals surface area (Å²) in [5, 5.41) is 0. The van der Waals surface area contributed by atoms with Gasteiger partial charge in [-0.05, 0) is 24.1 Å². The van der Waals surface area contributed by atoms with Crippen molar-refractivity contribution >= 4 is 7.85 Å². The van der Waals surface area contributed by atoms with Gasteiger partial charge in [0.05, 0.1) is 7.85 Å². The zero-order valence-electron chi connectivity index (χ0n) is 7.87. The summed E-state index contributed by atoms with van der Waals surface area (Å²) in [6.07, 6.45) is 1.94. The maximum Gasteiger partial charge on any atom is 0.0670 e. The van der Waals surface area contributed by atoms with Crippen molar-refractivity contribution in [3.63, 3.8) is 0 Å². The minimum atomic E-state index is 0.766. The van der Waals surface area contributed by atoms with E-state index in [1.54, 1.807) is 0 Å². The van der Waals surface area contributed by atoms with Crippen molar-refractivity contribution in [2.24, 2.45) is 0 Å². The van der Waals surface area contributed by atoms with Crippen LogP contribution in [0.25, 0.3) is 0 Å². The molecule has 0 aliphatic carbocycles. The molecule has 0 amide bonds. The van der Waals surface area contributed by atoms with E-state index >= 15 is 0 Å². The fraction of sp³-hybridized carbons (Fsp3) is 0.455. The first-order chi connectivity index (χ1) is 6.40. The number of benzene rings is 1. The number of nitrogens with zero attached hydrogens (tertiary/aromatic N) is 1. The molecule has 1 aromatic carbocycles. The Morgan fingerprint density at radius 2 is 2.00 bits per heavy atom. The van der Waals surface area contributed by atoms with Crippen LogP contribution in [0.5, 0.6) is 0 Å². The van der Waals surface area contributed by atoms with Crippen LogP contribution < -0.4 is 0 Å². The molecule has 0 unspecified atom stereocenters. The van der Waals surface area contributed by atoms with E-state index in [9.17, 15) is 0 Å². The first kappa shape index (κ1) is 8.83. The maximum atomic E-state index is 5.54. The summed E-state index contributed by atoms with van der Waals surface area (Å²) >= 11 is 0. The summed E-state index contributed by atoms with van der Waals surface area (Å²) in [5.74, 6) is 0. The Bertz CT molecular complexity index is 285. The lowest BCUT2D eigenvalue weighted by molar-refractivity contribution is 0.268. The summed E-state index contributed by atoms with van der Waals surface area (Å²) in [5.41, 5.74) is 2.98. The SMILES string of the molecule is [B]CCN1CCc2ccccc2C1. The summed E-state index contributed by atoms with van der Waals surface area (Å²) in [7, 11) is 5.54. The minimum absolute atomic E-state index is 0.766. The lowest BCUT2D eigenvalue weighted by atomic mass is 9.98. The van der Waals surface area contributed by atoms with Crippen LogP contribution in [-0.2, 0) is 13.0 Å². The smallest absolute Gasteiger partial charge is 0.0670 e. The molecule has 0 spiro atoms. The third-order valence-corrected chi connectivity index (χ3v) is 2.66. The molecule has 1 aliphatic rings. The fourth-order valence-electron chi connectivity index (χ4n) is 1.93. The van der Waals surface area contributed by atoms with Gasteiger partial charge in [-0.15, -0.1) is 0 Å². The van der Waals surface area contributed by atoms with Crippen LogP contribution in [0, 0.1) is 0 Å². The molecule has 0 saturated heterocycles. The van der Waals surface area contributed by atoms with Crippen LogP contribution in [0.2, 0.25) is 6.32 Å². The second-order valence-corrected chi connectivity index (χ2v) is 3.58. The monoisotopic (exact) mass is 171 g/mol. The summed E-state index contributed by atoms with van der Waals surface area (Å²) < 4.78 is 0. The quantitative estimate of drug-likeness (QED) is 0.611. The molecule has 1 nitrogen and oxygen atoms in total. The largest absolute Gasteiger partial charge is 0.299 e. The number of fused-ring (bicyclic) bond motifs is 1. The predicted molar refractivity (Wildman–Crippen MR) is 56.0 cm³/mol. The highest BCUT2D eigenvalue weighted by Gasteiger charge is 2.13. The van der Waals surface area contributed by atoms with Gasteiger partial charge in [-0.25, -0.2) is 0 Å². The van der Waals surface area contributed by atoms with Gasteiger partial charge in [0.15, 0.2) is 0 Å². The highest BCUT2D eigenvalue weighted by molar-refractivity contribution is 6.08. The topological polar surface area (TPSA) is 3.24 Å². The van der Waals surface area contributed by atoms with Gasteiger partial charge >= 0.3 is 0 Å². The second kappa shape index (κ2) is 3.97. The molecule has 66 valence electrons. The summed E-state index contributed by atoms with van der Waals surface area (Å²) in [6.45, 7) is 3.26. The Labute approximate surface area is 81.2 Å². The van der Waals surface area contributed by atoms with Gasteiger partial charge in [-0.3, -0.25) is 4.90 Å². The van der Waals surface area contributed by atoms with Crippen molar-refractivity contribution < 1.29 is 0 Å². The van der Waals surface area contributed by atoms with E-state index in [0.717, 1.165) is 26.0 Å². The molecule has 1 aromatic rings. The molecule has 2 heteroatoms. The van der Waals surface area contributed by atoms with Crippen LogP contribution >= 0.6 is 0 Å². The normalized spacial score (nSPS) is 16.9. The first-order valence-electron chi connectivity index (χ1n) is 4.89. The van der Waals surface area contributed by atoms with Crippen molar-refractivity contribution in [1.82, 2.24) is 4.90 Å². The van der Waals surface area contributed by atoms with Crippen molar-refractivity contribution in [3.8, 4) is 0 Å². The molecule has 1 aliphatic heterocycles. The first-order valence-corrected chi connectivity index (χ1v) is 4.89. The fourth-order valence-corrected chi connectivity index (χ4v) is 1.93. The Hall–Kier alpha value is -0.755. The van der Waals surface area contributed by atoms with Crippen LogP contribution in [0.15, 0.2) is 24.3 Å². The third kappa shape index (κ3) is 1.94. The average Bonchev–Trinajstić information content (AvgIpc) is 2.18. The Kier molecular flexibility index (Phi) is 2.69. The van der Waals surface area contributed by atoms with Gasteiger partial charge in [0.1, 0.15) is 0 Å². The molecular weight excluding hydrogens is 157 g/mol. The molecule has 0 N–H and O–H groups in total. The van der Waals surface area contributed by atoms with Crippen LogP contribution in [-0.4, -0.2) is 25.8 Å². The molecular formula is C11H14BN. The van der Waals surface area contributed by atoms with E-state index < -0.39 is 0 Å². The second-order valence-electron chi connectivity index (χ2n) is 3.58. The molecule has 0 bridgehead atoms. The van der Waals surface area contributed by atoms with Gasteiger partial charge in [0.2, 0.25) is 0 Å². The zero-order valence-corrected chi connectivity index (χ0v) is 7.87. The molecule has 13 heavy (non-hydrogen) atoms. The van der Waals surface area contributed by atoms with Crippen LogP contribution in [0.4, 0.5) is 0 Å². The van der Waals surface area contributed by atoms with Crippen molar-refractivity contribution in [2.45, 2.75) is 19.3 Å². The molecule has 0 saturated carbocycles. The molecule has 0 atom stereocenters. The standard InChI is InChI=1S/C11H14BN/c12-6-8-13-7-5-10-3-1-2-4-11(10)9-13/h1-4H,5-9H2. The Morgan fingerprint density at radius 3 is 2.77 bits per heavy atom. The predicted octanol–water partition coefficient (Wildman–Crippen LogP) is 1.63. The third-order valence-electron chi connectivity index (χ3n) is 2.66. The molecule has 2 radical (unpaired) electrons.